The number of aromatic nitrogens is 3. The number of hydrogen-bond donors (Lipinski definition) is 1. The predicted octanol–water partition coefficient (Wildman–Crippen LogP) is 3.05. The molecule has 128 valence electrons. The van der Waals surface area contributed by atoms with Crippen LogP contribution in [0.25, 0.3) is 11.0 Å². The van der Waals surface area contributed by atoms with Crippen LogP contribution in [0, 0.1) is 5.82 Å². The highest BCUT2D eigenvalue weighted by Gasteiger charge is 2.27. The molecule has 0 aliphatic carbocycles. The fourth-order valence-electron chi connectivity index (χ4n) is 3.51. The number of rotatable bonds is 3. The second-order valence-electron chi connectivity index (χ2n) is 6.49. The minimum Gasteiger partial charge on any atom is -0.342 e. The van der Waals surface area contributed by atoms with Crippen LogP contribution >= 0.6 is 0 Å². The van der Waals surface area contributed by atoms with Gasteiger partial charge in [0, 0.05) is 36.3 Å². The minimum absolute atomic E-state index is 0.0817. The Morgan fingerprint density at radius 3 is 2.96 bits per heavy atom. The highest BCUT2D eigenvalue weighted by atomic mass is 19.1. The number of H-pyrrole nitrogens is 1. The van der Waals surface area contributed by atoms with E-state index in [0.29, 0.717) is 18.6 Å². The Hall–Kier alpha value is -2.76. The normalized spacial score (nSPS) is 17.8. The van der Waals surface area contributed by atoms with Crippen molar-refractivity contribution in [3.63, 3.8) is 0 Å². The fourth-order valence-corrected chi connectivity index (χ4v) is 3.51. The van der Waals surface area contributed by atoms with E-state index in [1.165, 1.54) is 12.1 Å². The molecule has 0 spiro atoms. The standard InChI is InChI=1S/C19H19FN4O/c20-15-7-5-13(6-8-15)11-17(25)24-10-2-3-14(12-24)18-16-4-1-9-21-19(16)23-22-18/h1,4-9,14H,2-3,10-12H2,(H,21,22,23)/t14-/m0/s1. The Morgan fingerprint density at radius 1 is 1.28 bits per heavy atom. The number of nitrogens with one attached hydrogen (secondary N) is 1. The van der Waals surface area contributed by atoms with E-state index in [1.54, 1.807) is 18.3 Å². The molecule has 1 amide bonds. The van der Waals surface area contributed by atoms with Crippen molar-refractivity contribution < 1.29 is 9.18 Å². The molecule has 1 aliphatic heterocycles. The monoisotopic (exact) mass is 338 g/mol. The fraction of sp³-hybridized carbons (Fsp3) is 0.316. The summed E-state index contributed by atoms with van der Waals surface area (Å²) in [5.74, 6) is 0.0346. The van der Waals surface area contributed by atoms with Crippen molar-refractivity contribution in [3.8, 4) is 0 Å². The van der Waals surface area contributed by atoms with Gasteiger partial charge < -0.3 is 4.90 Å². The highest BCUT2D eigenvalue weighted by molar-refractivity contribution is 5.80. The molecule has 1 saturated heterocycles. The number of likely N-dealkylation sites (tertiary alicyclic amines) is 1. The lowest BCUT2D eigenvalue weighted by atomic mass is 9.93. The van der Waals surface area contributed by atoms with Crippen LogP contribution in [0.15, 0.2) is 42.6 Å². The molecule has 2 aromatic heterocycles. The quantitative estimate of drug-likeness (QED) is 0.798. The van der Waals surface area contributed by atoms with Gasteiger partial charge in [-0.2, -0.15) is 5.10 Å². The SMILES string of the molecule is O=C(Cc1ccc(F)cc1)N1CCC[C@H](c2[nH]nc3ncccc23)C1. The van der Waals surface area contributed by atoms with E-state index < -0.39 is 0 Å². The maximum absolute atomic E-state index is 13.0. The Bertz CT molecular complexity index is 890. The number of aromatic amines is 1. The Morgan fingerprint density at radius 2 is 2.12 bits per heavy atom. The molecule has 6 heteroatoms. The van der Waals surface area contributed by atoms with Crippen molar-refractivity contribution in [1.29, 1.82) is 0 Å². The summed E-state index contributed by atoms with van der Waals surface area (Å²) < 4.78 is 13.0. The molecular formula is C19H19FN4O. The number of carbonyl (C=O) groups is 1. The zero-order valence-electron chi connectivity index (χ0n) is 13.8. The third-order valence-electron chi connectivity index (χ3n) is 4.81. The van der Waals surface area contributed by atoms with Crippen LogP contribution in [0.2, 0.25) is 0 Å². The van der Waals surface area contributed by atoms with E-state index in [2.05, 4.69) is 15.2 Å². The first-order valence-corrected chi connectivity index (χ1v) is 8.52. The van der Waals surface area contributed by atoms with Gasteiger partial charge in [-0.25, -0.2) is 9.37 Å². The van der Waals surface area contributed by atoms with E-state index in [9.17, 15) is 9.18 Å². The van der Waals surface area contributed by atoms with E-state index in [0.717, 1.165) is 36.0 Å². The summed E-state index contributed by atoms with van der Waals surface area (Å²) in [6, 6.07) is 10.0. The van der Waals surface area contributed by atoms with Gasteiger partial charge >= 0.3 is 0 Å². The van der Waals surface area contributed by atoms with Crippen LogP contribution in [0.3, 0.4) is 0 Å². The molecule has 4 rings (SSSR count). The lowest BCUT2D eigenvalue weighted by Crippen LogP contribution is -2.40. The van der Waals surface area contributed by atoms with Crippen molar-refractivity contribution in [3.05, 3.63) is 59.7 Å². The zero-order chi connectivity index (χ0) is 17.2. The van der Waals surface area contributed by atoms with Gasteiger partial charge in [-0.1, -0.05) is 12.1 Å². The second kappa shape index (κ2) is 6.63. The summed E-state index contributed by atoms with van der Waals surface area (Å²) in [7, 11) is 0. The number of nitrogens with zero attached hydrogens (tertiary/aromatic N) is 3. The van der Waals surface area contributed by atoms with Crippen LogP contribution in [-0.2, 0) is 11.2 Å². The molecule has 1 fully saturated rings. The van der Waals surface area contributed by atoms with E-state index in [-0.39, 0.29) is 17.6 Å². The summed E-state index contributed by atoms with van der Waals surface area (Å²) >= 11 is 0. The van der Waals surface area contributed by atoms with Crippen LogP contribution in [0.5, 0.6) is 0 Å². The van der Waals surface area contributed by atoms with Crippen LogP contribution in [0.4, 0.5) is 4.39 Å². The lowest BCUT2D eigenvalue weighted by Gasteiger charge is -2.32. The molecule has 0 unspecified atom stereocenters. The average molecular weight is 338 g/mol. The molecule has 0 radical (unpaired) electrons. The van der Waals surface area contributed by atoms with Gasteiger partial charge in [0.1, 0.15) is 5.82 Å². The van der Waals surface area contributed by atoms with Crippen LogP contribution < -0.4 is 0 Å². The number of fused-ring (bicyclic) bond motifs is 1. The molecule has 0 saturated carbocycles. The summed E-state index contributed by atoms with van der Waals surface area (Å²) in [5.41, 5.74) is 2.61. The van der Waals surface area contributed by atoms with Gasteiger partial charge in [0.05, 0.1) is 6.42 Å². The van der Waals surface area contributed by atoms with Crippen molar-refractivity contribution in [2.45, 2.75) is 25.2 Å². The summed E-state index contributed by atoms with van der Waals surface area (Å²) in [4.78, 5) is 18.8. The molecule has 1 N–H and O–H groups in total. The van der Waals surface area contributed by atoms with Gasteiger partial charge in [-0.3, -0.25) is 9.89 Å². The number of carbonyl (C=O) groups excluding carboxylic acids is 1. The number of benzene rings is 1. The summed E-state index contributed by atoms with van der Waals surface area (Å²) in [5, 5.41) is 8.40. The third-order valence-corrected chi connectivity index (χ3v) is 4.81. The largest absolute Gasteiger partial charge is 0.342 e. The topological polar surface area (TPSA) is 61.9 Å². The number of halogens is 1. The van der Waals surface area contributed by atoms with Gasteiger partial charge in [0.2, 0.25) is 5.91 Å². The highest BCUT2D eigenvalue weighted by Crippen LogP contribution is 2.30. The van der Waals surface area contributed by atoms with Gasteiger partial charge in [0.15, 0.2) is 5.65 Å². The second-order valence-corrected chi connectivity index (χ2v) is 6.49. The maximum atomic E-state index is 13.0. The molecule has 25 heavy (non-hydrogen) atoms. The first-order valence-electron chi connectivity index (χ1n) is 8.52. The molecule has 0 bridgehead atoms. The molecular weight excluding hydrogens is 319 g/mol. The van der Waals surface area contributed by atoms with E-state index in [4.69, 9.17) is 0 Å². The van der Waals surface area contributed by atoms with E-state index >= 15 is 0 Å². The molecule has 1 atom stereocenters. The maximum Gasteiger partial charge on any atom is 0.227 e. The van der Waals surface area contributed by atoms with Crippen LogP contribution in [-0.4, -0.2) is 39.1 Å². The van der Waals surface area contributed by atoms with Gasteiger partial charge in [-0.05, 0) is 42.7 Å². The summed E-state index contributed by atoms with van der Waals surface area (Å²) in [6.07, 6.45) is 4.01. The average Bonchev–Trinajstić information content (AvgIpc) is 3.08. The first kappa shape index (κ1) is 15.7. The summed E-state index contributed by atoms with van der Waals surface area (Å²) in [6.45, 7) is 1.44. The number of hydrogen-bond acceptors (Lipinski definition) is 3. The first-order chi connectivity index (χ1) is 12.2. The Kier molecular flexibility index (Phi) is 4.17. The minimum atomic E-state index is -0.283. The molecule has 1 aromatic carbocycles. The van der Waals surface area contributed by atoms with Gasteiger partial charge in [-0.15, -0.1) is 0 Å². The Labute approximate surface area is 144 Å². The third kappa shape index (κ3) is 3.24. The Balaban J connectivity index is 1.49. The lowest BCUT2D eigenvalue weighted by molar-refractivity contribution is -0.131. The molecule has 1 aliphatic rings. The smallest absolute Gasteiger partial charge is 0.227 e. The molecule has 3 aromatic rings. The molecule has 3 heterocycles. The van der Waals surface area contributed by atoms with Crippen molar-refractivity contribution in [2.24, 2.45) is 0 Å². The number of piperidine rings is 1. The predicted molar refractivity (Wildman–Crippen MR) is 92.5 cm³/mol. The van der Waals surface area contributed by atoms with Crippen molar-refractivity contribution in [2.75, 3.05) is 13.1 Å². The molecule has 5 nitrogen and oxygen atoms in total. The zero-order valence-corrected chi connectivity index (χ0v) is 13.8. The van der Waals surface area contributed by atoms with Crippen LogP contribution in [0.1, 0.15) is 30.0 Å². The number of amides is 1. The van der Waals surface area contributed by atoms with E-state index in [1.807, 2.05) is 17.0 Å². The van der Waals surface area contributed by atoms with Gasteiger partial charge in [0.25, 0.3) is 0 Å². The number of pyridine rings is 1. The van der Waals surface area contributed by atoms with Crippen molar-refractivity contribution >= 4 is 16.9 Å². The van der Waals surface area contributed by atoms with Crippen molar-refractivity contribution in [1.82, 2.24) is 20.1 Å².